The van der Waals surface area contributed by atoms with Gasteiger partial charge < -0.3 is 10.4 Å². The van der Waals surface area contributed by atoms with Gasteiger partial charge in [0.15, 0.2) is 0 Å². The summed E-state index contributed by atoms with van der Waals surface area (Å²) in [6.07, 6.45) is 0.508. The molecule has 0 aliphatic carbocycles. The lowest BCUT2D eigenvalue weighted by Gasteiger charge is -2.21. The Morgan fingerprint density at radius 1 is 1.10 bits per heavy atom. The summed E-state index contributed by atoms with van der Waals surface area (Å²) in [5.74, 6) is -0.355. The molecule has 1 aromatic rings. The van der Waals surface area contributed by atoms with Gasteiger partial charge in [-0.2, -0.15) is 0 Å². The number of hydrogen-bond acceptors (Lipinski definition) is 2. The molecule has 0 bridgehead atoms. The maximum atomic E-state index is 12.1. The topological polar surface area (TPSA) is 66.4 Å². The quantitative estimate of drug-likeness (QED) is 0.773. The molecule has 0 saturated heterocycles. The number of carboxylic acid groups (broad SMARTS) is 1. The molecule has 0 radical (unpaired) electrons. The van der Waals surface area contributed by atoms with E-state index in [2.05, 4.69) is 19.2 Å². The molecule has 0 saturated carbocycles. The Labute approximate surface area is 126 Å². The van der Waals surface area contributed by atoms with Crippen molar-refractivity contribution in [1.29, 1.82) is 0 Å². The average Bonchev–Trinajstić information content (AvgIpc) is 2.42. The number of carboxylic acids is 1. The molecule has 0 heterocycles. The van der Waals surface area contributed by atoms with Gasteiger partial charge in [0.2, 0.25) is 5.91 Å². The van der Waals surface area contributed by atoms with E-state index in [4.69, 9.17) is 5.11 Å². The molecule has 0 fully saturated rings. The summed E-state index contributed by atoms with van der Waals surface area (Å²) in [5, 5.41) is 11.5. The monoisotopic (exact) mass is 291 g/mol. The zero-order valence-corrected chi connectivity index (χ0v) is 13.0. The van der Waals surface area contributed by atoms with Gasteiger partial charge in [-0.3, -0.25) is 9.59 Å². The van der Waals surface area contributed by atoms with Crippen LogP contribution in [0.1, 0.15) is 45.1 Å². The van der Waals surface area contributed by atoms with Gasteiger partial charge in [0.1, 0.15) is 0 Å². The molecule has 1 amide bonds. The largest absolute Gasteiger partial charge is 0.481 e. The van der Waals surface area contributed by atoms with Crippen LogP contribution < -0.4 is 5.32 Å². The summed E-state index contributed by atoms with van der Waals surface area (Å²) in [4.78, 5) is 22.7. The smallest absolute Gasteiger partial charge is 0.303 e. The van der Waals surface area contributed by atoms with Crippen molar-refractivity contribution in [3.05, 3.63) is 35.9 Å². The van der Waals surface area contributed by atoms with Crippen LogP contribution in [0.5, 0.6) is 0 Å². The molecule has 1 aromatic carbocycles. The first-order valence-corrected chi connectivity index (χ1v) is 7.43. The van der Waals surface area contributed by atoms with Crippen LogP contribution in [0.2, 0.25) is 0 Å². The molecule has 2 unspecified atom stereocenters. The lowest BCUT2D eigenvalue weighted by atomic mass is 9.85. The Kier molecular flexibility index (Phi) is 6.92. The molecule has 2 N–H and O–H groups in total. The fraction of sp³-hybridized carbons (Fsp3) is 0.529. The van der Waals surface area contributed by atoms with Crippen molar-refractivity contribution in [2.24, 2.45) is 11.8 Å². The number of amides is 1. The minimum Gasteiger partial charge on any atom is -0.481 e. The Hall–Kier alpha value is -1.84. The first-order valence-electron chi connectivity index (χ1n) is 7.43. The number of carbonyl (C=O) groups excluding carboxylic acids is 1. The second-order valence-corrected chi connectivity index (χ2v) is 5.97. The third kappa shape index (κ3) is 6.43. The van der Waals surface area contributed by atoms with Crippen LogP contribution in [-0.2, 0) is 9.59 Å². The third-order valence-electron chi connectivity index (χ3n) is 3.61. The van der Waals surface area contributed by atoms with E-state index >= 15 is 0 Å². The molecule has 0 aromatic heterocycles. The van der Waals surface area contributed by atoms with Crippen LogP contribution in [0, 0.1) is 11.8 Å². The molecule has 21 heavy (non-hydrogen) atoms. The van der Waals surface area contributed by atoms with Gasteiger partial charge in [-0.15, -0.1) is 0 Å². The van der Waals surface area contributed by atoms with Crippen LogP contribution in [0.3, 0.4) is 0 Å². The Balaban J connectivity index is 2.52. The Morgan fingerprint density at radius 2 is 1.71 bits per heavy atom. The maximum absolute atomic E-state index is 12.1. The first kappa shape index (κ1) is 17.2. The Morgan fingerprint density at radius 3 is 2.24 bits per heavy atom. The number of rotatable bonds is 8. The maximum Gasteiger partial charge on any atom is 0.303 e. The van der Waals surface area contributed by atoms with Crippen molar-refractivity contribution in [3.63, 3.8) is 0 Å². The highest BCUT2D eigenvalue weighted by molar-refractivity contribution is 5.77. The van der Waals surface area contributed by atoms with Crippen LogP contribution in [0.4, 0.5) is 0 Å². The summed E-state index contributed by atoms with van der Waals surface area (Å²) >= 11 is 0. The van der Waals surface area contributed by atoms with E-state index in [-0.39, 0.29) is 24.2 Å². The summed E-state index contributed by atoms with van der Waals surface area (Å²) in [6, 6.07) is 10.0. The van der Waals surface area contributed by atoms with Crippen molar-refractivity contribution in [3.8, 4) is 0 Å². The van der Waals surface area contributed by atoms with E-state index in [1.165, 1.54) is 5.56 Å². The summed E-state index contributed by atoms with van der Waals surface area (Å²) < 4.78 is 0. The van der Waals surface area contributed by atoms with Gasteiger partial charge in [0.05, 0.1) is 0 Å². The summed E-state index contributed by atoms with van der Waals surface area (Å²) in [7, 11) is 0. The van der Waals surface area contributed by atoms with Crippen molar-refractivity contribution < 1.29 is 14.7 Å². The van der Waals surface area contributed by atoms with Crippen molar-refractivity contribution in [2.45, 2.75) is 39.5 Å². The van der Waals surface area contributed by atoms with Crippen molar-refractivity contribution in [1.82, 2.24) is 5.32 Å². The highest BCUT2D eigenvalue weighted by atomic mass is 16.4. The van der Waals surface area contributed by atoms with Gasteiger partial charge in [-0.05, 0) is 23.3 Å². The van der Waals surface area contributed by atoms with Crippen molar-refractivity contribution >= 4 is 11.9 Å². The third-order valence-corrected chi connectivity index (χ3v) is 3.61. The van der Waals surface area contributed by atoms with Crippen LogP contribution in [0.15, 0.2) is 30.3 Å². The minimum atomic E-state index is -0.832. The first-order chi connectivity index (χ1) is 9.90. The van der Waals surface area contributed by atoms with Crippen molar-refractivity contribution in [2.75, 3.05) is 6.54 Å². The van der Waals surface area contributed by atoms with E-state index in [1.54, 1.807) is 0 Å². The molecular formula is C17H25NO3. The minimum absolute atomic E-state index is 0.0187. The standard InChI is InChI=1S/C17H25NO3/c1-12(2)15(14-7-5-4-6-8-14)10-16(19)18-11-13(3)9-17(20)21/h4-8,12-13,15H,9-11H2,1-3H3,(H,18,19)(H,20,21). The van der Waals surface area contributed by atoms with Gasteiger partial charge in [-0.1, -0.05) is 51.1 Å². The molecule has 4 nitrogen and oxygen atoms in total. The molecule has 4 heteroatoms. The highest BCUT2D eigenvalue weighted by Gasteiger charge is 2.19. The fourth-order valence-corrected chi connectivity index (χ4v) is 2.37. The Bertz CT molecular complexity index is 456. The predicted molar refractivity (Wildman–Crippen MR) is 83.1 cm³/mol. The van der Waals surface area contributed by atoms with Crippen LogP contribution >= 0.6 is 0 Å². The average molecular weight is 291 g/mol. The molecule has 0 aliphatic heterocycles. The lowest BCUT2D eigenvalue weighted by molar-refractivity contribution is -0.138. The SMILES string of the molecule is CC(CNC(=O)CC(c1ccccc1)C(C)C)CC(=O)O. The van der Waals surface area contributed by atoms with E-state index < -0.39 is 5.97 Å². The van der Waals surface area contributed by atoms with Gasteiger partial charge in [0.25, 0.3) is 0 Å². The van der Waals surface area contributed by atoms with Crippen LogP contribution in [-0.4, -0.2) is 23.5 Å². The van der Waals surface area contributed by atoms with Gasteiger partial charge in [-0.25, -0.2) is 0 Å². The van der Waals surface area contributed by atoms with Gasteiger partial charge in [0, 0.05) is 19.4 Å². The number of benzene rings is 1. The molecule has 116 valence electrons. The molecule has 0 spiro atoms. The molecule has 1 rings (SSSR count). The predicted octanol–water partition coefficient (Wildman–Crippen LogP) is 3.04. The number of nitrogens with one attached hydrogen (secondary N) is 1. The molecule has 0 aliphatic rings. The zero-order valence-electron chi connectivity index (χ0n) is 13.0. The van der Waals surface area contributed by atoms with Crippen LogP contribution in [0.25, 0.3) is 0 Å². The van der Waals surface area contributed by atoms with E-state index in [9.17, 15) is 9.59 Å². The van der Waals surface area contributed by atoms with E-state index in [0.29, 0.717) is 18.9 Å². The second kappa shape index (κ2) is 8.45. The summed E-state index contributed by atoms with van der Waals surface area (Å²) in [6.45, 7) is 6.45. The lowest BCUT2D eigenvalue weighted by Crippen LogP contribution is -2.31. The van der Waals surface area contributed by atoms with E-state index in [0.717, 1.165) is 0 Å². The second-order valence-electron chi connectivity index (χ2n) is 5.97. The van der Waals surface area contributed by atoms with Gasteiger partial charge >= 0.3 is 5.97 Å². The number of carbonyl (C=O) groups is 2. The molecule has 2 atom stereocenters. The summed E-state index contributed by atoms with van der Waals surface area (Å²) in [5.41, 5.74) is 1.17. The number of hydrogen-bond donors (Lipinski definition) is 2. The molecular weight excluding hydrogens is 266 g/mol. The number of aliphatic carboxylic acids is 1. The normalized spacial score (nSPS) is 13.7. The van der Waals surface area contributed by atoms with E-state index in [1.807, 2.05) is 37.3 Å². The zero-order chi connectivity index (χ0) is 15.8. The fourth-order valence-electron chi connectivity index (χ4n) is 2.37. The highest BCUT2D eigenvalue weighted by Crippen LogP contribution is 2.27.